The highest BCUT2D eigenvalue weighted by Gasteiger charge is 2.17. The predicted octanol–water partition coefficient (Wildman–Crippen LogP) is 5.11. The van der Waals surface area contributed by atoms with Gasteiger partial charge in [0, 0.05) is 24.3 Å². The van der Waals surface area contributed by atoms with Crippen LogP contribution in [0.1, 0.15) is 90.6 Å². The minimum atomic E-state index is -0.326. The van der Waals surface area contributed by atoms with Crippen molar-refractivity contribution in [2.45, 2.75) is 86.7 Å². The van der Waals surface area contributed by atoms with Crippen LogP contribution in [0.5, 0.6) is 5.75 Å². The fourth-order valence-corrected chi connectivity index (χ4v) is 2.18. The van der Waals surface area contributed by atoms with Crippen molar-refractivity contribution in [2.24, 2.45) is 11.7 Å². The van der Waals surface area contributed by atoms with E-state index >= 15 is 0 Å². The maximum atomic E-state index is 12.2. The number of carbonyl (C=O) groups is 3. The van der Waals surface area contributed by atoms with Gasteiger partial charge in [-0.3, -0.25) is 14.4 Å². The van der Waals surface area contributed by atoms with Crippen molar-refractivity contribution in [1.82, 2.24) is 0 Å². The Balaban J connectivity index is 0. The minimum absolute atomic E-state index is 0.0628. The van der Waals surface area contributed by atoms with Crippen LogP contribution in [0, 0.1) is 18.3 Å². The molecule has 0 bridgehead atoms. The van der Waals surface area contributed by atoms with E-state index in [2.05, 4.69) is 11.7 Å². The lowest BCUT2D eigenvalue weighted by atomic mass is 9.92. The van der Waals surface area contributed by atoms with Crippen molar-refractivity contribution in [3.63, 3.8) is 0 Å². The molecule has 32 heavy (non-hydrogen) atoms. The first-order chi connectivity index (χ1) is 14.9. The predicted molar refractivity (Wildman–Crippen MR) is 130 cm³/mol. The largest absolute Gasteiger partial charge is 0.481 e. The molecule has 0 fully saturated rings. The summed E-state index contributed by atoms with van der Waals surface area (Å²) in [6, 6.07) is 5.57. The van der Waals surface area contributed by atoms with Crippen molar-refractivity contribution < 1.29 is 23.9 Å². The Morgan fingerprint density at radius 3 is 2.00 bits per heavy atom. The van der Waals surface area contributed by atoms with Gasteiger partial charge in [0.15, 0.2) is 5.78 Å². The third-order valence-corrected chi connectivity index (χ3v) is 4.16. The van der Waals surface area contributed by atoms with Gasteiger partial charge in [0.25, 0.3) is 0 Å². The first-order valence-electron chi connectivity index (χ1n) is 11.1. The molecule has 1 unspecified atom stereocenters. The summed E-state index contributed by atoms with van der Waals surface area (Å²) in [5, 5.41) is 0. The van der Waals surface area contributed by atoms with Crippen LogP contribution in [0.2, 0.25) is 0 Å². The number of hydrogen-bond acceptors (Lipinski definition) is 5. The zero-order valence-electron chi connectivity index (χ0n) is 21.0. The number of rotatable bonds is 8. The average molecular weight is 448 g/mol. The summed E-state index contributed by atoms with van der Waals surface area (Å²) in [6.45, 7) is 15.4. The SMILES string of the molecule is C#CCOc1ccc(C(=O)C(C)CC)c(CC)c1.CCC(=O)OC(C)(C)C.CCC(N)=O. The molecule has 0 spiro atoms. The van der Waals surface area contributed by atoms with Crippen LogP contribution in [0.3, 0.4) is 0 Å². The molecule has 1 aromatic rings. The number of benzene rings is 1. The number of nitrogens with two attached hydrogens (primary N) is 1. The Labute approximate surface area is 194 Å². The van der Waals surface area contributed by atoms with E-state index in [0.29, 0.717) is 12.8 Å². The molecule has 0 aliphatic carbocycles. The monoisotopic (exact) mass is 447 g/mol. The molecule has 0 saturated heterocycles. The highest BCUT2D eigenvalue weighted by molar-refractivity contribution is 5.99. The number of hydrogen-bond donors (Lipinski definition) is 1. The molecule has 1 rings (SSSR count). The van der Waals surface area contributed by atoms with Crippen molar-refractivity contribution in [1.29, 1.82) is 0 Å². The third kappa shape index (κ3) is 15.1. The fourth-order valence-electron chi connectivity index (χ4n) is 2.18. The number of Topliss-reactive ketones (excluding diaryl/α,β-unsaturated/α-hetero) is 1. The van der Waals surface area contributed by atoms with Crippen LogP contribution in [0.15, 0.2) is 18.2 Å². The molecule has 0 aromatic heterocycles. The van der Waals surface area contributed by atoms with E-state index in [0.717, 1.165) is 29.7 Å². The van der Waals surface area contributed by atoms with Gasteiger partial charge < -0.3 is 15.2 Å². The van der Waals surface area contributed by atoms with E-state index in [1.54, 1.807) is 13.8 Å². The molecule has 1 amide bonds. The molecular formula is C26H41NO5. The summed E-state index contributed by atoms with van der Waals surface area (Å²) in [5.74, 6) is 3.04. The molecule has 6 heteroatoms. The quantitative estimate of drug-likeness (QED) is 0.339. The van der Waals surface area contributed by atoms with Gasteiger partial charge in [-0.05, 0) is 57.4 Å². The van der Waals surface area contributed by atoms with Crippen molar-refractivity contribution in [3.8, 4) is 18.1 Å². The smallest absolute Gasteiger partial charge is 0.306 e. The van der Waals surface area contributed by atoms with Crippen LogP contribution in [-0.2, 0) is 20.7 Å². The van der Waals surface area contributed by atoms with Gasteiger partial charge >= 0.3 is 5.97 Å². The van der Waals surface area contributed by atoms with Gasteiger partial charge in [-0.1, -0.05) is 40.5 Å². The summed E-state index contributed by atoms with van der Waals surface area (Å²) in [5.41, 5.74) is 6.15. The second kappa shape index (κ2) is 16.8. The van der Waals surface area contributed by atoms with E-state index < -0.39 is 0 Å². The first-order valence-corrected chi connectivity index (χ1v) is 11.1. The molecule has 0 saturated carbocycles. The standard InChI is InChI=1S/C16H20O2.C7H14O2.C3H7NO/c1-5-10-18-14-8-9-15(13(7-3)11-14)16(17)12(4)6-2;1-5-6(8)9-7(2,3)4;1-2-3(4)5/h1,8-9,11-12H,6-7,10H2,2-4H3;5H2,1-4H3;2H2,1H3,(H2,4,5). The Bertz CT molecular complexity index is 756. The van der Waals surface area contributed by atoms with E-state index in [1.165, 1.54) is 0 Å². The molecule has 1 aromatic carbocycles. The topological polar surface area (TPSA) is 95.7 Å². The lowest BCUT2D eigenvalue weighted by molar-refractivity contribution is -0.154. The Kier molecular flexibility index (Phi) is 16.5. The van der Waals surface area contributed by atoms with E-state index in [9.17, 15) is 14.4 Å². The molecule has 6 nitrogen and oxygen atoms in total. The molecule has 0 aliphatic heterocycles. The third-order valence-electron chi connectivity index (χ3n) is 4.16. The first kappa shape index (κ1) is 31.4. The van der Waals surface area contributed by atoms with Crippen molar-refractivity contribution in [3.05, 3.63) is 29.3 Å². The zero-order chi connectivity index (χ0) is 25.3. The maximum Gasteiger partial charge on any atom is 0.306 e. The number of amides is 1. The lowest BCUT2D eigenvalue weighted by Gasteiger charge is -2.18. The highest BCUT2D eigenvalue weighted by atomic mass is 16.6. The van der Waals surface area contributed by atoms with Gasteiger partial charge in [0.05, 0.1) is 0 Å². The summed E-state index contributed by atoms with van der Waals surface area (Å²) < 4.78 is 10.3. The maximum absolute atomic E-state index is 12.2. The summed E-state index contributed by atoms with van der Waals surface area (Å²) in [6.07, 6.45) is 7.72. The Morgan fingerprint density at radius 1 is 1.09 bits per heavy atom. The minimum Gasteiger partial charge on any atom is -0.481 e. The number of aryl methyl sites for hydroxylation is 1. The van der Waals surface area contributed by atoms with Crippen LogP contribution >= 0.6 is 0 Å². The molecule has 0 radical (unpaired) electrons. The summed E-state index contributed by atoms with van der Waals surface area (Å²) >= 11 is 0. The number of terminal acetylenes is 1. The molecule has 1 atom stereocenters. The number of ether oxygens (including phenoxy) is 2. The normalized spacial score (nSPS) is 10.8. The zero-order valence-corrected chi connectivity index (χ0v) is 21.0. The summed E-state index contributed by atoms with van der Waals surface area (Å²) in [7, 11) is 0. The van der Waals surface area contributed by atoms with Crippen LogP contribution in [0.4, 0.5) is 0 Å². The second-order valence-corrected chi connectivity index (χ2v) is 8.10. The fraction of sp³-hybridized carbons (Fsp3) is 0.577. The second-order valence-electron chi connectivity index (χ2n) is 8.10. The summed E-state index contributed by atoms with van der Waals surface area (Å²) in [4.78, 5) is 32.4. The van der Waals surface area contributed by atoms with Gasteiger partial charge in [-0.2, -0.15) is 0 Å². The number of carbonyl (C=O) groups excluding carboxylic acids is 3. The molecular weight excluding hydrogens is 406 g/mol. The van der Waals surface area contributed by atoms with E-state index in [4.69, 9.17) is 15.9 Å². The van der Waals surface area contributed by atoms with E-state index in [1.807, 2.05) is 59.7 Å². The molecule has 0 aliphatic rings. The number of esters is 1. The van der Waals surface area contributed by atoms with Gasteiger partial charge in [-0.15, -0.1) is 6.42 Å². The van der Waals surface area contributed by atoms with Crippen molar-refractivity contribution >= 4 is 17.7 Å². The Hall–Kier alpha value is -2.81. The van der Waals surface area contributed by atoms with Gasteiger partial charge in [-0.25, -0.2) is 0 Å². The molecule has 0 heterocycles. The lowest BCUT2D eigenvalue weighted by Crippen LogP contribution is -2.23. The van der Waals surface area contributed by atoms with Crippen LogP contribution in [0.25, 0.3) is 0 Å². The van der Waals surface area contributed by atoms with Crippen LogP contribution in [-0.4, -0.2) is 29.9 Å². The molecule has 180 valence electrons. The average Bonchev–Trinajstić information content (AvgIpc) is 2.75. The van der Waals surface area contributed by atoms with E-state index in [-0.39, 0.29) is 35.8 Å². The number of primary amides is 1. The van der Waals surface area contributed by atoms with Crippen LogP contribution < -0.4 is 10.5 Å². The van der Waals surface area contributed by atoms with Gasteiger partial charge in [0.1, 0.15) is 18.0 Å². The molecule has 2 N–H and O–H groups in total. The highest BCUT2D eigenvalue weighted by Crippen LogP contribution is 2.22. The Morgan fingerprint density at radius 2 is 1.66 bits per heavy atom. The van der Waals surface area contributed by atoms with Gasteiger partial charge in [0.2, 0.25) is 5.91 Å². The number of ketones is 1. The van der Waals surface area contributed by atoms with Crippen molar-refractivity contribution in [2.75, 3.05) is 6.61 Å².